The predicted octanol–water partition coefficient (Wildman–Crippen LogP) is 2.41. The Morgan fingerprint density at radius 3 is 2.48 bits per heavy atom. The van der Waals surface area contributed by atoms with Gasteiger partial charge >= 0.3 is 0 Å². The second-order valence-electron chi connectivity index (χ2n) is 7.04. The van der Waals surface area contributed by atoms with E-state index in [1.54, 1.807) is 17.2 Å². The summed E-state index contributed by atoms with van der Waals surface area (Å²) in [5, 5.41) is 0. The first-order valence-corrected chi connectivity index (χ1v) is 9.33. The molecule has 27 heavy (non-hydrogen) atoms. The van der Waals surface area contributed by atoms with Crippen molar-refractivity contribution in [2.45, 2.75) is 26.4 Å². The lowest BCUT2D eigenvalue weighted by atomic mass is 10.1. The zero-order valence-corrected chi connectivity index (χ0v) is 15.9. The van der Waals surface area contributed by atoms with Crippen LogP contribution in [0.4, 0.5) is 5.82 Å². The van der Waals surface area contributed by atoms with E-state index in [-0.39, 0.29) is 11.9 Å². The molecule has 1 aromatic carbocycles. The third-order valence-corrected chi connectivity index (χ3v) is 4.86. The van der Waals surface area contributed by atoms with Crippen molar-refractivity contribution < 1.29 is 9.59 Å². The minimum absolute atomic E-state index is 0.00373. The summed E-state index contributed by atoms with van der Waals surface area (Å²) < 4.78 is 0. The number of pyridine rings is 1. The Kier molecular flexibility index (Phi) is 6.06. The summed E-state index contributed by atoms with van der Waals surface area (Å²) in [6, 6.07) is 13.7. The van der Waals surface area contributed by atoms with E-state index in [9.17, 15) is 9.59 Å². The van der Waals surface area contributed by atoms with Gasteiger partial charge in [-0.15, -0.1) is 0 Å². The molecule has 1 aromatic heterocycles. The molecule has 2 aromatic rings. The molecule has 0 saturated carbocycles. The monoisotopic (exact) mass is 366 g/mol. The van der Waals surface area contributed by atoms with Crippen molar-refractivity contribution in [3.63, 3.8) is 0 Å². The minimum Gasteiger partial charge on any atom is -0.353 e. The molecule has 0 atom stereocenters. The van der Waals surface area contributed by atoms with E-state index in [0.29, 0.717) is 25.2 Å². The Hall–Kier alpha value is -2.89. The normalized spacial score (nSPS) is 14.3. The number of anilines is 1. The zero-order chi connectivity index (χ0) is 19.2. The fourth-order valence-electron chi connectivity index (χ4n) is 3.22. The van der Waals surface area contributed by atoms with E-state index in [2.05, 4.69) is 9.88 Å². The van der Waals surface area contributed by atoms with Gasteiger partial charge in [0.2, 0.25) is 6.41 Å². The Morgan fingerprint density at radius 1 is 1.15 bits per heavy atom. The highest BCUT2D eigenvalue weighted by Crippen LogP contribution is 2.18. The Balaban J connectivity index is 1.76. The van der Waals surface area contributed by atoms with Gasteiger partial charge in [-0.2, -0.15) is 0 Å². The van der Waals surface area contributed by atoms with E-state index < -0.39 is 0 Å². The van der Waals surface area contributed by atoms with Gasteiger partial charge in [0.25, 0.3) is 5.91 Å². The molecule has 0 radical (unpaired) electrons. The number of benzene rings is 1. The molecule has 142 valence electrons. The molecule has 0 N–H and O–H groups in total. The van der Waals surface area contributed by atoms with Gasteiger partial charge in [0, 0.05) is 50.5 Å². The van der Waals surface area contributed by atoms with E-state index in [1.807, 2.05) is 55.1 Å². The third kappa shape index (κ3) is 4.64. The number of nitrogens with zero attached hydrogens (tertiary/aromatic N) is 4. The van der Waals surface area contributed by atoms with Gasteiger partial charge in [-0.3, -0.25) is 9.59 Å². The highest BCUT2D eigenvalue weighted by molar-refractivity contribution is 5.95. The van der Waals surface area contributed by atoms with Crippen LogP contribution in [0.2, 0.25) is 0 Å². The van der Waals surface area contributed by atoms with Crippen LogP contribution in [-0.4, -0.2) is 59.3 Å². The molecule has 0 bridgehead atoms. The molecule has 3 rings (SSSR count). The first-order valence-electron chi connectivity index (χ1n) is 9.33. The van der Waals surface area contributed by atoms with Crippen LogP contribution < -0.4 is 4.90 Å². The molecule has 1 aliphatic rings. The standard InChI is InChI=1S/C21H26N4O2/c1-17(2)25(15-18-6-4-3-5-7-18)21(27)19-8-9-22-20(14-19)24-12-10-23(16-26)11-13-24/h3-9,14,16-17H,10-13,15H2,1-2H3. The van der Waals surface area contributed by atoms with E-state index in [0.717, 1.165) is 30.9 Å². The largest absolute Gasteiger partial charge is 0.353 e. The summed E-state index contributed by atoms with van der Waals surface area (Å²) in [5.41, 5.74) is 1.75. The highest BCUT2D eigenvalue weighted by Gasteiger charge is 2.22. The van der Waals surface area contributed by atoms with Gasteiger partial charge in [-0.25, -0.2) is 4.98 Å². The number of amides is 2. The van der Waals surface area contributed by atoms with Crippen molar-refractivity contribution in [2.75, 3.05) is 31.1 Å². The molecule has 2 heterocycles. The molecule has 2 amide bonds. The summed E-state index contributed by atoms with van der Waals surface area (Å²) in [5.74, 6) is 0.791. The number of piperazine rings is 1. The lowest BCUT2D eigenvalue weighted by Crippen LogP contribution is -2.46. The van der Waals surface area contributed by atoms with E-state index >= 15 is 0 Å². The van der Waals surface area contributed by atoms with Crippen LogP contribution in [0.15, 0.2) is 48.7 Å². The fraction of sp³-hybridized carbons (Fsp3) is 0.381. The number of carbonyl (C=O) groups is 2. The predicted molar refractivity (Wildman–Crippen MR) is 106 cm³/mol. The maximum Gasteiger partial charge on any atom is 0.254 e. The summed E-state index contributed by atoms with van der Waals surface area (Å²) in [7, 11) is 0. The second-order valence-corrected chi connectivity index (χ2v) is 7.04. The average Bonchev–Trinajstić information content (AvgIpc) is 2.72. The quantitative estimate of drug-likeness (QED) is 0.737. The number of hydrogen-bond acceptors (Lipinski definition) is 4. The minimum atomic E-state index is 0.00373. The zero-order valence-electron chi connectivity index (χ0n) is 15.9. The fourth-order valence-corrected chi connectivity index (χ4v) is 3.22. The number of hydrogen-bond donors (Lipinski definition) is 0. The van der Waals surface area contributed by atoms with Crippen LogP contribution in [0.25, 0.3) is 0 Å². The summed E-state index contributed by atoms with van der Waals surface area (Å²) in [6.07, 6.45) is 2.57. The van der Waals surface area contributed by atoms with Crippen molar-refractivity contribution in [1.29, 1.82) is 0 Å². The van der Waals surface area contributed by atoms with Gasteiger partial charge in [0.15, 0.2) is 0 Å². The molecule has 0 aliphatic carbocycles. The van der Waals surface area contributed by atoms with Crippen LogP contribution in [-0.2, 0) is 11.3 Å². The van der Waals surface area contributed by atoms with Crippen LogP contribution in [0.1, 0.15) is 29.8 Å². The second kappa shape index (κ2) is 8.66. The van der Waals surface area contributed by atoms with Gasteiger partial charge in [0.05, 0.1) is 0 Å². The maximum absolute atomic E-state index is 13.1. The maximum atomic E-state index is 13.1. The van der Waals surface area contributed by atoms with Crippen LogP contribution in [0.5, 0.6) is 0 Å². The van der Waals surface area contributed by atoms with Crippen molar-refractivity contribution in [2.24, 2.45) is 0 Å². The average molecular weight is 366 g/mol. The first kappa shape index (κ1) is 18.9. The third-order valence-electron chi connectivity index (χ3n) is 4.86. The molecule has 1 saturated heterocycles. The van der Waals surface area contributed by atoms with E-state index in [4.69, 9.17) is 0 Å². The van der Waals surface area contributed by atoms with Gasteiger partial charge < -0.3 is 14.7 Å². The first-order chi connectivity index (χ1) is 13.1. The van der Waals surface area contributed by atoms with Gasteiger partial charge in [-0.05, 0) is 31.5 Å². The number of rotatable bonds is 6. The van der Waals surface area contributed by atoms with Crippen LogP contribution in [0, 0.1) is 0 Å². The molecule has 0 spiro atoms. The van der Waals surface area contributed by atoms with Gasteiger partial charge in [-0.1, -0.05) is 30.3 Å². The van der Waals surface area contributed by atoms with Crippen LogP contribution >= 0.6 is 0 Å². The summed E-state index contributed by atoms with van der Waals surface area (Å²) in [4.78, 5) is 34.2. The molecular weight excluding hydrogens is 340 g/mol. The molecular formula is C21H26N4O2. The Bertz CT molecular complexity index is 771. The van der Waals surface area contributed by atoms with Crippen molar-refractivity contribution in [3.05, 3.63) is 59.8 Å². The molecule has 1 aliphatic heterocycles. The molecule has 1 fully saturated rings. The lowest BCUT2D eigenvalue weighted by molar-refractivity contribution is -0.118. The SMILES string of the molecule is CC(C)N(Cc1ccccc1)C(=O)c1ccnc(N2CCN(C=O)CC2)c1. The summed E-state index contributed by atoms with van der Waals surface area (Å²) in [6.45, 7) is 7.43. The molecule has 6 heteroatoms. The number of carbonyl (C=O) groups excluding carboxylic acids is 2. The topological polar surface area (TPSA) is 56.8 Å². The van der Waals surface area contributed by atoms with Crippen molar-refractivity contribution in [3.8, 4) is 0 Å². The van der Waals surface area contributed by atoms with Gasteiger partial charge in [0.1, 0.15) is 5.82 Å². The Morgan fingerprint density at radius 2 is 1.85 bits per heavy atom. The number of aromatic nitrogens is 1. The molecule has 0 unspecified atom stereocenters. The lowest BCUT2D eigenvalue weighted by Gasteiger charge is -2.33. The van der Waals surface area contributed by atoms with Crippen LogP contribution in [0.3, 0.4) is 0 Å². The highest BCUT2D eigenvalue weighted by atomic mass is 16.2. The summed E-state index contributed by atoms with van der Waals surface area (Å²) >= 11 is 0. The van der Waals surface area contributed by atoms with E-state index in [1.165, 1.54) is 0 Å². The van der Waals surface area contributed by atoms with Crippen molar-refractivity contribution in [1.82, 2.24) is 14.8 Å². The molecule has 6 nitrogen and oxygen atoms in total. The Labute approximate surface area is 160 Å². The van der Waals surface area contributed by atoms with Crippen molar-refractivity contribution >= 4 is 18.1 Å². The smallest absolute Gasteiger partial charge is 0.254 e.